The van der Waals surface area contributed by atoms with Gasteiger partial charge in [-0.05, 0) is 82.2 Å². The number of piperidine rings is 1. The van der Waals surface area contributed by atoms with Crippen LogP contribution < -0.4 is 0 Å². The van der Waals surface area contributed by atoms with Gasteiger partial charge in [-0.15, -0.1) is 0 Å². The van der Waals surface area contributed by atoms with Crippen molar-refractivity contribution in [2.24, 2.45) is 5.92 Å². The van der Waals surface area contributed by atoms with Crippen LogP contribution in [0, 0.1) is 19.8 Å². The zero-order chi connectivity index (χ0) is 22.7. The van der Waals surface area contributed by atoms with E-state index in [1.807, 2.05) is 0 Å². The summed E-state index contributed by atoms with van der Waals surface area (Å²) < 4.78 is 8.55. The maximum Gasteiger partial charge on any atom is 0.124 e. The van der Waals surface area contributed by atoms with E-state index in [2.05, 4.69) is 66.3 Å². The zero-order valence-electron chi connectivity index (χ0n) is 20.9. The Kier molecular flexibility index (Phi) is 7.53. The zero-order valence-corrected chi connectivity index (χ0v) is 21.9. The molecule has 0 aromatic carbocycles. The molecule has 2 fully saturated rings. The Morgan fingerprint density at radius 1 is 1.09 bits per heavy atom. The number of likely N-dealkylation sites (tertiary alicyclic amines) is 1. The Bertz CT molecular complexity index is 879. The average molecular weight is 455 g/mol. The number of pyridine rings is 1. The van der Waals surface area contributed by atoms with Gasteiger partial charge in [-0.25, -0.2) is 4.98 Å². The summed E-state index contributed by atoms with van der Waals surface area (Å²) in [6.07, 6.45) is 8.44. The first-order chi connectivity index (χ1) is 15.3. The van der Waals surface area contributed by atoms with E-state index in [1.165, 1.54) is 61.9 Å². The molecule has 1 saturated heterocycles. The van der Waals surface area contributed by atoms with Gasteiger partial charge >= 0.3 is 0 Å². The van der Waals surface area contributed by atoms with Crippen LogP contribution in [-0.2, 0) is 24.4 Å². The van der Waals surface area contributed by atoms with E-state index in [1.54, 1.807) is 0 Å². The van der Waals surface area contributed by atoms with Gasteiger partial charge in [-0.1, -0.05) is 19.6 Å². The highest BCUT2D eigenvalue weighted by molar-refractivity contribution is 6.76. The van der Waals surface area contributed by atoms with Gasteiger partial charge in [0.25, 0.3) is 0 Å². The largest absolute Gasteiger partial charge is 0.361 e. The summed E-state index contributed by atoms with van der Waals surface area (Å²) in [6, 6.07) is 5.75. The standard InChI is InChI=1S/C26H42N4OSi/c1-20-13-23(14-21(2)28-20)15-22-7-6-10-29(17-22)18-25-16-27-26(24-8-9-24)30(25)19-31-11-12-32(3,4)5/h13-14,16,22,24H,6-12,15,17-19H2,1-5H3/t22-/m1/s1. The lowest BCUT2D eigenvalue weighted by atomic mass is 9.91. The molecule has 0 amide bonds. The van der Waals surface area contributed by atoms with Gasteiger partial charge in [-0.3, -0.25) is 9.88 Å². The molecular formula is C26H42N4OSi. The molecule has 0 spiro atoms. The van der Waals surface area contributed by atoms with Crippen molar-refractivity contribution in [1.29, 1.82) is 0 Å². The molecule has 2 aromatic rings. The topological polar surface area (TPSA) is 43.2 Å². The summed E-state index contributed by atoms with van der Waals surface area (Å²) >= 11 is 0. The smallest absolute Gasteiger partial charge is 0.124 e. The monoisotopic (exact) mass is 454 g/mol. The fraction of sp³-hybridized carbons (Fsp3) is 0.692. The molecule has 1 atom stereocenters. The lowest BCUT2D eigenvalue weighted by molar-refractivity contribution is 0.0795. The van der Waals surface area contributed by atoms with Gasteiger partial charge < -0.3 is 9.30 Å². The van der Waals surface area contributed by atoms with Crippen LogP contribution in [0.5, 0.6) is 0 Å². The van der Waals surface area contributed by atoms with Gasteiger partial charge in [0.15, 0.2) is 0 Å². The summed E-state index contributed by atoms with van der Waals surface area (Å²) in [5.74, 6) is 2.62. The molecule has 0 bridgehead atoms. The van der Waals surface area contributed by atoms with E-state index >= 15 is 0 Å². The summed E-state index contributed by atoms with van der Waals surface area (Å²) in [5, 5.41) is 0. The van der Waals surface area contributed by atoms with Crippen molar-refractivity contribution in [1.82, 2.24) is 19.4 Å². The van der Waals surface area contributed by atoms with Crippen molar-refractivity contribution in [2.45, 2.75) is 90.8 Å². The van der Waals surface area contributed by atoms with Crippen molar-refractivity contribution in [3.05, 3.63) is 46.8 Å². The molecule has 176 valence electrons. The number of aromatic nitrogens is 3. The third kappa shape index (κ3) is 6.75. The summed E-state index contributed by atoms with van der Waals surface area (Å²) in [6.45, 7) is 16.3. The molecule has 4 rings (SSSR count). The second-order valence-electron chi connectivity index (χ2n) is 11.4. The Morgan fingerprint density at radius 3 is 2.53 bits per heavy atom. The SMILES string of the molecule is Cc1cc(C[C@H]2CCCN(Cc3cnc(C4CC4)n3COCC[Si](C)(C)C)C2)cc(C)n1. The van der Waals surface area contributed by atoms with Gasteiger partial charge in [-0.2, -0.15) is 0 Å². The van der Waals surface area contributed by atoms with Crippen LogP contribution in [0.2, 0.25) is 25.7 Å². The van der Waals surface area contributed by atoms with Crippen molar-refractivity contribution < 1.29 is 4.74 Å². The highest BCUT2D eigenvalue weighted by Gasteiger charge is 2.30. The second-order valence-corrected chi connectivity index (χ2v) is 17.0. The molecule has 2 aromatic heterocycles. The predicted octanol–water partition coefficient (Wildman–Crippen LogP) is 5.54. The quantitative estimate of drug-likeness (QED) is 0.349. The average Bonchev–Trinajstić information content (AvgIpc) is 3.46. The van der Waals surface area contributed by atoms with Gasteiger partial charge in [0, 0.05) is 51.3 Å². The highest BCUT2D eigenvalue weighted by atomic mass is 28.3. The Morgan fingerprint density at radius 2 is 1.84 bits per heavy atom. The van der Waals surface area contributed by atoms with E-state index in [0.717, 1.165) is 36.9 Å². The van der Waals surface area contributed by atoms with E-state index in [-0.39, 0.29) is 0 Å². The summed E-state index contributed by atoms with van der Waals surface area (Å²) in [4.78, 5) is 12.0. The van der Waals surface area contributed by atoms with Crippen molar-refractivity contribution >= 4 is 8.07 Å². The molecule has 2 aliphatic rings. The van der Waals surface area contributed by atoms with Crippen LogP contribution in [0.4, 0.5) is 0 Å². The highest BCUT2D eigenvalue weighted by Crippen LogP contribution is 2.39. The second kappa shape index (κ2) is 10.2. The predicted molar refractivity (Wildman–Crippen MR) is 134 cm³/mol. The molecule has 0 radical (unpaired) electrons. The molecule has 0 unspecified atom stereocenters. The third-order valence-corrected chi connectivity index (χ3v) is 8.49. The van der Waals surface area contributed by atoms with Crippen LogP contribution in [-0.4, -0.2) is 47.2 Å². The van der Waals surface area contributed by atoms with Crippen molar-refractivity contribution in [3.8, 4) is 0 Å². The molecule has 1 aliphatic heterocycles. The Balaban J connectivity index is 1.37. The fourth-order valence-corrected chi connectivity index (χ4v) is 5.72. The van der Waals surface area contributed by atoms with Crippen LogP contribution in [0.25, 0.3) is 0 Å². The normalized spacial score (nSPS) is 20.1. The van der Waals surface area contributed by atoms with E-state index < -0.39 is 8.07 Å². The fourth-order valence-electron chi connectivity index (χ4n) is 4.97. The molecule has 3 heterocycles. The van der Waals surface area contributed by atoms with Crippen LogP contribution in [0.15, 0.2) is 18.3 Å². The van der Waals surface area contributed by atoms with Crippen molar-refractivity contribution in [3.63, 3.8) is 0 Å². The number of nitrogens with zero attached hydrogens (tertiary/aromatic N) is 4. The van der Waals surface area contributed by atoms with Crippen molar-refractivity contribution in [2.75, 3.05) is 19.7 Å². The molecule has 1 saturated carbocycles. The molecular weight excluding hydrogens is 412 g/mol. The lowest BCUT2D eigenvalue weighted by Crippen LogP contribution is -2.36. The number of ether oxygens (including phenoxy) is 1. The van der Waals surface area contributed by atoms with E-state index in [0.29, 0.717) is 12.6 Å². The number of aryl methyl sites for hydroxylation is 2. The molecule has 1 aliphatic carbocycles. The minimum Gasteiger partial charge on any atom is -0.361 e. The minimum atomic E-state index is -1.06. The summed E-state index contributed by atoms with van der Waals surface area (Å²) in [5.41, 5.74) is 5.05. The number of rotatable bonds is 10. The van der Waals surface area contributed by atoms with Gasteiger partial charge in [0.1, 0.15) is 12.6 Å². The Labute approximate surface area is 195 Å². The van der Waals surface area contributed by atoms with Crippen LogP contribution >= 0.6 is 0 Å². The minimum absolute atomic E-state index is 0.650. The van der Waals surface area contributed by atoms with Gasteiger partial charge in [0.2, 0.25) is 0 Å². The van der Waals surface area contributed by atoms with E-state index in [9.17, 15) is 0 Å². The first kappa shape index (κ1) is 23.6. The molecule has 5 nitrogen and oxygen atoms in total. The maximum absolute atomic E-state index is 6.16. The Hall–Kier alpha value is -1.50. The first-order valence-corrected chi connectivity index (χ1v) is 16.3. The molecule has 0 N–H and O–H groups in total. The number of hydrogen-bond donors (Lipinski definition) is 0. The number of hydrogen-bond acceptors (Lipinski definition) is 4. The van der Waals surface area contributed by atoms with Crippen LogP contribution in [0.1, 0.15) is 60.1 Å². The van der Waals surface area contributed by atoms with Gasteiger partial charge in [0.05, 0.1) is 5.69 Å². The summed E-state index contributed by atoms with van der Waals surface area (Å²) in [7, 11) is -1.06. The molecule has 6 heteroatoms. The first-order valence-electron chi connectivity index (χ1n) is 12.6. The van der Waals surface area contributed by atoms with Crippen LogP contribution in [0.3, 0.4) is 0 Å². The maximum atomic E-state index is 6.16. The third-order valence-electron chi connectivity index (χ3n) is 6.78. The van der Waals surface area contributed by atoms with E-state index in [4.69, 9.17) is 9.72 Å². The molecule has 32 heavy (non-hydrogen) atoms. The number of imidazole rings is 1. The lowest BCUT2D eigenvalue weighted by Gasteiger charge is -2.33.